The van der Waals surface area contributed by atoms with Gasteiger partial charge in [-0.3, -0.25) is 0 Å². The highest BCUT2D eigenvalue weighted by Crippen LogP contribution is 2.48. The van der Waals surface area contributed by atoms with E-state index in [4.69, 9.17) is 9.16 Å². The molecule has 1 aliphatic rings. The molecule has 1 fully saturated rings. The zero-order valence-electron chi connectivity index (χ0n) is 11.6. The molecular weight excluding hydrogens is 216 g/mol. The van der Waals surface area contributed by atoms with Gasteiger partial charge in [-0.05, 0) is 25.1 Å². The summed E-state index contributed by atoms with van der Waals surface area (Å²) >= 11 is 0. The van der Waals surface area contributed by atoms with Crippen LogP contribution in [0.1, 0.15) is 40.5 Å². The lowest BCUT2D eigenvalue weighted by atomic mass is 10.2. The van der Waals surface area contributed by atoms with Crippen molar-refractivity contribution in [1.82, 2.24) is 0 Å². The van der Waals surface area contributed by atoms with E-state index in [1.807, 2.05) is 6.92 Å². The maximum absolute atomic E-state index is 6.33. The van der Waals surface area contributed by atoms with E-state index in [2.05, 4.69) is 40.4 Å². The highest BCUT2D eigenvalue weighted by Gasteiger charge is 2.52. The Hall–Kier alpha value is -0.123. The van der Waals surface area contributed by atoms with E-state index in [-0.39, 0.29) is 10.8 Å². The Morgan fingerprint density at radius 1 is 1.31 bits per heavy atom. The summed E-state index contributed by atoms with van der Waals surface area (Å²) in [6.07, 6.45) is 2.07. The average molecular weight is 242 g/mol. The minimum Gasteiger partial charge on any atom is -0.390 e. The van der Waals surface area contributed by atoms with Crippen LogP contribution in [0.4, 0.5) is 0 Å². The number of hydrogen-bond donors (Lipinski definition) is 0. The molecule has 0 aromatic carbocycles. The quantitative estimate of drug-likeness (QED) is 0.411. The molecule has 0 aromatic heterocycles. The Balaban J connectivity index is 2.56. The Morgan fingerprint density at radius 3 is 2.12 bits per heavy atom. The van der Waals surface area contributed by atoms with Gasteiger partial charge in [0.15, 0.2) is 14.1 Å². The van der Waals surface area contributed by atoms with Crippen LogP contribution in [0.2, 0.25) is 18.1 Å². The summed E-state index contributed by atoms with van der Waals surface area (Å²) in [5.74, 6) is -0.276. The van der Waals surface area contributed by atoms with Crippen molar-refractivity contribution in [2.75, 3.05) is 6.61 Å². The van der Waals surface area contributed by atoms with Gasteiger partial charge < -0.3 is 9.16 Å². The van der Waals surface area contributed by atoms with E-state index in [0.29, 0.717) is 6.61 Å². The molecule has 0 saturated heterocycles. The fraction of sp³-hybridized carbons (Fsp3) is 0.846. The van der Waals surface area contributed by atoms with Crippen LogP contribution in [-0.2, 0) is 9.16 Å². The number of ether oxygens (including phenoxy) is 1. The molecule has 0 amide bonds. The number of hydrogen-bond acceptors (Lipinski definition) is 2. The summed E-state index contributed by atoms with van der Waals surface area (Å²) in [5.41, 5.74) is 1.06. The standard InChI is InChI=1S/C13H26O2Si/c1-11(2)10-14-13(8-9-13)15-16(6,7)12(3,4)5/h1,8-10H2,2-7H3. The van der Waals surface area contributed by atoms with Gasteiger partial charge in [0.1, 0.15) is 0 Å². The summed E-state index contributed by atoms with van der Waals surface area (Å²) in [7, 11) is -1.70. The van der Waals surface area contributed by atoms with Gasteiger partial charge in [0.2, 0.25) is 0 Å². The molecule has 1 aliphatic carbocycles. The van der Waals surface area contributed by atoms with Crippen molar-refractivity contribution in [3.8, 4) is 0 Å². The molecule has 3 heteroatoms. The average Bonchev–Trinajstić information content (AvgIpc) is 2.79. The minimum atomic E-state index is -1.70. The summed E-state index contributed by atoms with van der Waals surface area (Å²) in [6.45, 7) is 17.8. The monoisotopic (exact) mass is 242 g/mol. The third-order valence-corrected chi connectivity index (χ3v) is 7.98. The molecule has 0 unspecified atom stereocenters. The fourth-order valence-corrected chi connectivity index (χ4v) is 2.75. The van der Waals surface area contributed by atoms with Crippen LogP contribution in [0, 0.1) is 0 Å². The SMILES string of the molecule is C=C(C)COC1(O[Si](C)(C)C(C)(C)C)CC1. The Morgan fingerprint density at radius 2 is 1.81 bits per heavy atom. The van der Waals surface area contributed by atoms with Crippen LogP contribution in [0.3, 0.4) is 0 Å². The van der Waals surface area contributed by atoms with E-state index in [1.165, 1.54) is 0 Å². The second-order valence-electron chi connectivity index (χ2n) is 6.52. The Kier molecular flexibility index (Phi) is 3.73. The smallest absolute Gasteiger partial charge is 0.195 e. The molecule has 2 nitrogen and oxygen atoms in total. The molecule has 0 radical (unpaired) electrons. The van der Waals surface area contributed by atoms with Gasteiger partial charge in [-0.1, -0.05) is 32.9 Å². The second-order valence-corrected chi connectivity index (χ2v) is 11.2. The van der Waals surface area contributed by atoms with Crippen LogP contribution in [0.5, 0.6) is 0 Å². The van der Waals surface area contributed by atoms with Gasteiger partial charge in [-0.15, -0.1) is 0 Å². The molecule has 1 rings (SSSR count). The van der Waals surface area contributed by atoms with E-state index in [1.54, 1.807) is 0 Å². The van der Waals surface area contributed by atoms with Crippen molar-refractivity contribution in [2.24, 2.45) is 0 Å². The molecular formula is C13H26O2Si. The summed E-state index contributed by atoms with van der Waals surface area (Å²) in [5, 5.41) is 0.245. The zero-order valence-corrected chi connectivity index (χ0v) is 12.6. The maximum atomic E-state index is 6.33. The van der Waals surface area contributed by atoms with Crippen molar-refractivity contribution in [3.63, 3.8) is 0 Å². The largest absolute Gasteiger partial charge is 0.390 e. The molecule has 0 bridgehead atoms. The van der Waals surface area contributed by atoms with Gasteiger partial charge in [-0.2, -0.15) is 0 Å². The topological polar surface area (TPSA) is 18.5 Å². The van der Waals surface area contributed by atoms with Gasteiger partial charge in [0, 0.05) is 12.8 Å². The lowest BCUT2D eigenvalue weighted by Crippen LogP contribution is -2.45. The Bertz CT molecular complexity index is 272. The van der Waals surface area contributed by atoms with Gasteiger partial charge in [-0.25, -0.2) is 0 Å². The molecule has 0 heterocycles. The van der Waals surface area contributed by atoms with Crippen molar-refractivity contribution in [3.05, 3.63) is 12.2 Å². The molecule has 0 aromatic rings. The van der Waals surface area contributed by atoms with Crippen molar-refractivity contribution in [1.29, 1.82) is 0 Å². The van der Waals surface area contributed by atoms with Crippen molar-refractivity contribution < 1.29 is 9.16 Å². The van der Waals surface area contributed by atoms with E-state index < -0.39 is 8.32 Å². The molecule has 1 saturated carbocycles. The fourth-order valence-electron chi connectivity index (χ4n) is 1.25. The normalized spacial score (nSPS) is 19.6. The van der Waals surface area contributed by atoms with E-state index in [9.17, 15) is 0 Å². The van der Waals surface area contributed by atoms with Gasteiger partial charge >= 0.3 is 0 Å². The minimum absolute atomic E-state index is 0.245. The first kappa shape index (κ1) is 13.9. The van der Waals surface area contributed by atoms with Gasteiger partial charge in [0.05, 0.1) is 6.61 Å². The van der Waals surface area contributed by atoms with E-state index >= 15 is 0 Å². The molecule has 16 heavy (non-hydrogen) atoms. The molecule has 0 N–H and O–H groups in total. The predicted octanol–water partition coefficient (Wildman–Crippen LogP) is 4.09. The first-order chi connectivity index (χ1) is 7.08. The van der Waals surface area contributed by atoms with Crippen LogP contribution >= 0.6 is 0 Å². The lowest BCUT2D eigenvalue weighted by Gasteiger charge is -2.39. The molecule has 0 spiro atoms. The molecule has 94 valence electrons. The van der Waals surface area contributed by atoms with Crippen LogP contribution in [0.15, 0.2) is 12.2 Å². The van der Waals surface area contributed by atoms with Crippen LogP contribution in [-0.4, -0.2) is 20.7 Å². The summed E-state index contributed by atoms with van der Waals surface area (Å²) in [6, 6.07) is 0. The zero-order chi connectivity index (χ0) is 12.6. The van der Waals surface area contributed by atoms with Crippen LogP contribution < -0.4 is 0 Å². The highest BCUT2D eigenvalue weighted by molar-refractivity contribution is 6.74. The maximum Gasteiger partial charge on any atom is 0.195 e. The lowest BCUT2D eigenvalue weighted by molar-refractivity contribution is -0.105. The van der Waals surface area contributed by atoms with E-state index in [0.717, 1.165) is 18.4 Å². The third kappa shape index (κ3) is 3.44. The first-order valence-corrected chi connectivity index (χ1v) is 8.97. The van der Waals surface area contributed by atoms with Crippen LogP contribution in [0.25, 0.3) is 0 Å². The molecule has 0 aliphatic heterocycles. The summed E-state index contributed by atoms with van der Waals surface area (Å²) < 4.78 is 12.2. The number of rotatable bonds is 5. The Labute approximate surface area is 101 Å². The van der Waals surface area contributed by atoms with Crippen molar-refractivity contribution >= 4 is 8.32 Å². The highest BCUT2D eigenvalue weighted by atomic mass is 28.4. The predicted molar refractivity (Wildman–Crippen MR) is 71.0 cm³/mol. The third-order valence-electron chi connectivity index (χ3n) is 3.49. The first-order valence-electron chi connectivity index (χ1n) is 6.07. The summed E-state index contributed by atoms with van der Waals surface area (Å²) in [4.78, 5) is 0. The second kappa shape index (κ2) is 4.28. The molecule has 0 atom stereocenters. The van der Waals surface area contributed by atoms with Gasteiger partial charge in [0.25, 0.3) is 0 Å². The van der Waals surface area contributed by atoms with Crippen molar-refractivity contribution in [2.45, 2.75) is 64.5 Å².